The third-order valence-electron chi connectivity index (χ3n) is 4.50. The van der Waals surface area contributed by atoms with Crippen LogP contribution in [-0.4, -0.2) is 48.1 Å². The van der Waals surface area contributed by atoms with Gasteiger partial charge in [0.1, 0.15) is 6.10 Å². The van der Waals surface area contributed by atoms with Gasteiger partial charge in [-0.05, 0) is 18.1 Å². The Morgan fingerprint density at radius 2 is 1.55 bits per heavy atom. The third-order valence-corrected chi connectivity index (χ3v) is 4.50. The molecule has 0 radical (unpaired) electrons. The molecule has 1 heterocycles. The molecule has 1 aliphatic heterocycles. The molecule has 0 bridgehead atoms. The number of rotatable bonds is 9. The van der Waals surface area contributed by atoms with E-state index in [-0.39, 0.29) is 19.8 Å². The van der Waals surface area contributed by atoms with Crippen molar-refractivity contribution in [1.82, 2.24) is 0 Å². The molecule has 1 N–H and O–H groups in total. The number of carbonyl (C=O) groups is 2. The first-order valence-corrected chi connectivity index (χ1v) is 9.46. The summed E-state index contributed by atoms with van der Waals surface area (Å²) in [6.45, 7) is 2.05. The van der Waals surface area contributed by atoms with Crippen LogP contribution in [0.1, 0.15) is 18.1 Å². The molecule has 1 fully saturated rings. The molecular weight excluding hydrogens is 376 g/mol. The summed E-state index contributed by atoms with van der Waals surface area (Å²) in [6, 6.07) is 18.7. The molecule has 4 atom stereocenters. The van der Waals surface area contributed by atoms with Gasteiger partial charge < -0.3 is 24.1 Å². The Balaban J connectivity index is 1.74. The topological polar surface area (TPSA) is 91.3 Å². The number of ether oxygens (including phenoxy) is 4. The maximum Gasteiger partial charge on any atom is 0.339 e. The normalized spacial score (nSPS) is 22.1. The number of esters is 2. The summed E-state index contributed by atoms with van der Waals surface area (Å²) in [7, 11) is 0. The molecule has 2 aromatic rings. The Kier molecular flexibility index (Phi) is 7.35. The summed E-state index contributed by atoms with van der Waals surface area (Å²) < 4.78 is 21.7. The highest BCUT2D eigenvalue weighted by atomic mass is 16.6. The van der Waals surface area contributed by atoms with E-state index in [0.29, 0.717) is 0 Å². The molecule has 3 rings (SSSR count). The zero-order chi connectivity index (χ0) is 20.6. The summed E-state index contributed by atoms with van der Waals surface area (Å²) in [4.78, 5) is 24.4. The molecular formula is C22H24O7. The highest BCUT2D eigenvalue weighted by Crippen LogP contribution is 2.27. The van der Waals surface area contributed by atoms with Crippen molar-refractivity contribution in [3.8, 4) is 0 Å². The van der Waals surface area contributed by atoms with Crippen molar-refractivity contribution in [3.63, 3.8) is 0 Å². The molecule has 0 aliphatic carbocycles. The summed E-state index contributed by atoms with van der Waals surface area (Å²) in [5.41, 5.74) is 1.74. The lowest BCUT2D eigenvalue weighted by Gasteiger charge is -2.24. The maximum absolute atomic E-state index is 12.4. The molecule has 7 heteroatoms. The molecule has 7 nitrogen and oxygen atoms in total. The fraction of sp³-hybridized carbons (Fsp3) is 0.364. The Hall–Kier alpha value is -2.74. The Labute approximate surface area is 169 Å². The van der Waals surface area contributed by atoms with Gasteiger partial charge in [-0.15, -0.1) is 0 Å². The number of aliphatic hydroxyl groups excluding tert-OH is 1. The number of hydrogen-bond acceptors (Lipinski definition) is 7. The molecule has 0 saturated carbocycles. The largest absolute Gasteiger partial charge is 0.464 e. The summed E-state index contributed by atoms with van der Waals surface area (Å²) in [5.74, 6) is -1.56. The van der Waals surface area contributed by atoms with Gasteiger partial charge in [0.2, 0.25) is 0 Å². The van der Waals surface area contributed by atoms with Crippen LogP contribution in [0.3, 0.4) is 0 Å². The predicted octanol–water partition coefficient (Wildman–Crippen LogP) is 2.01. The van der Waals surface area contributed by atoms with Crippen LogP contribution in [0.15, 0.2) is 60.7 Å². The molecule has 29 heavy (non-hydrogen) atoms. The highest BCUT2D eigenvalue weighted by molar-refractivity contribution is 5.81. The van der Waals surface area contributed by atoms with Gasteiger partial charge in [-0.1, -0.05) is 60.7 Å². The Morgan fingerprint density at radius 1 is 1.00 bits per heavy atom. The van der Waals surface area contributed by atoms with Crippen molar-refractivity contribution < 1.29 is 33.6 Å². The van der Waals surface area contributed by atoms with Gasteiger partial charge in [0.15, 0.2) is 18.3 Å². The molecule has 0 amide bonds. The van der Waals surface area contributed by atoms with E-state index in [9.17, 15) is 14.7 Å². The van der Waals surface area contributed by atoms with Crippen molar-refractivity contribution in [1.29, 1.82) is 0 Å². The zero-order valence-electron chi connectivity index (χ0n) is 16.1. The second-order valence-corrected chi connectivity index (χ2v) is 6.58. The van der Waals surface area contributed by atoms with E-state index in [4.69, 9.17) is 18.9 Å². The monoisotopic (exact) mass is 400 g/mol. The summed E-state index contributed by atoms with van der Waals surface area (Å²) in [5, 5.41) is 10.3. The smallest absolute Gasteiger partial charge is 0.339 e. The van der Waals surface area contributed by atoms with Gasteiger partial charge in [0.05, 0.1) is 19.8 Å². The first-order chi connectivity index (χ1) is 14.1. The number of cyclic esters (lactones) is 1. The SMILES string of the molecule is CCOC(=O)[C@H](O)[C@H]1OC(=O)[C@H](OCc2ccccc2)[C@H]1OCc1ccccc1. The van der Waals surface area contributed by atoms with Crippen molar-refractivity contribution in [3.05, 3.63) is 71.8 Å². The van der Waals surface area contributed by atoms with Gasteiger partial charge in [-0.3, -0.25) is 0 Å². The minimum Gasteiger partial charge on any atom is -0.464 e. The highest BCUT2D eigenvalue weighted by Gasteiger charge is 2.52. The Bertz CT molecular complexity index is 793. The van der Waals surface area contributed by atoms with Crippen LogP contribution in [0.2, 0.25) is 0 Å². The van der Waals surface area contributed by atoms with Crippen molar-refractivity contribution in [2.24, 2.45) is 0 Å². The van der Waals surface area contributed by atoms with Crippen molar-refractivity contribution >= 4 is 11.9 Å². The van der Waals surface area contributed by atoms with Gasteiger partial charge >= 0.3 is 11.9 Å². The van der Waals surface area contributed by atoms with E-state index in [2.05, 4.69) is 0 Å². The van der Waals surface area contributed by atoms with Gasteiger partial charge in [-0.2, -0.15) is 0 Å². The van der Waals surface area contributed by atoms with Crippen molar-refractivity contribution in [2.75, 3.05) is 6.61 Å². The van der Waals surface area contributed by atoms with Crippen LogP contribution in [0, 0.1) is 0 Å². The van der Waals surface area contributed by atoms with Crippen LogP contribution in [0.4, 0.5) is 0 Å². The molecule has 1 aliphatic rings. The van der Waals surface area contributed by atoms with Crippen LogP contribution in [-0.2, 0) is 41.8 Å². The molecule has 2 aromatic carbocycles. The minimum atomic E-state index is -1.66. The maximum atomic E-state index is 12.4. The van der Waals surface area contributed by atoms with Crippen LogP contribution < -0.4 is 0 Å². The summed E-state index contributed by atoms with van der Waals surface area (Å²) >= 11 is 0. The second kappa shape index (κ2) is 10.2. The average molecular weight is 400 g/mol. The first kappa shape index (κ1) is 21.0. The molecule has 0 unspecified atom stereocenters. The number of aliphatic hydroxyl groups is 1. The van der Waals surface area contributed by atoms with E-state index >= 15 is 0 Å². The minimum absolute atomic E-state index is 0.0973. The molecule has 154 valence electrons. The standard InChI is InChI=1S/C22H24O7/c1-2-26-21(24)17(23)18-19(27-13-15-9-5-3-6-10-15)20(22(25)29-18)28-14-16-11-7-4-8-12-16/h3-12,17-20,23H,2,13-14H2,1H3/t17-,18-,19+,20-/m1/s1. The predicted molar refractivity (Wildman–Crippen MR) is 103 cm³/mol. The fourth-order valence-electron chi connectivity index (χ4n) is 3.05. The fourth-order valence-corrected chi connectivity index (χ4v) is 3.05. The number of hydrogen-bond donors (Lipinski definition) is 1. The lowest BCUT2D eigenvalue weighted by Crippen LogP contribution is -2.45. The third kappa shape index (κ3) is 5.41. The first-order valence-electron chi connectivity index (χ1n) is 9.46. The summed E-state index contributed by atoms with van der Waals surface area (Å²) in [6.07, 6.45) is -4.92. The lowest BCUT2D eigenvalue weighted by atomic mass is 10.1. The number of benzene rings is 2. The van der Waals surface area contributed by atoms with Gasteiger partial charge in [0, 0.05) is 0 Å². The average Bonchev–Trinajstić information content (AvgIpc) is 3.07. The van der Waals surface area contributed by atoms with Crippen LogP contribution >= 0.6 is 0 Å². The van der Waals surface area contributed by atoms with E-state index in [1.807, 2.05) is 60.7 Å². The lowest BCUT2D eigenvalue weighted by molar-refractivity contribution is -0.168. The van der Waals surface area contributed by atoms with E-state index < -0.39 is 36.4 Å². The Morgan fingerprint density at radius 3 is 2.10 bits per heavy atom. The molecule has 0 spiro atoms. The molecule has 1 saturated heterocycles. The quantitative estimate of drug-likeness (QED) is 0.644. The van der Waals surface area contributed by atoms with Gasteiger partial charge in [-0.25, -0.2) is 9.59 Å². The van der Waals surface area contributed by atoms with Crippen LogP contribution in [0.25, 0.3) is 0 Å². The van der Waals surface area contributed by atoms with E-state index in [1.165, 1.54) is 0 Å². The zero-order valence-corrected chi connectivity index (χ0v) is 16.1. The van der Waals surface area contributed by atoms with E-state index in [0.717, 1.165) is 11.1 Å². The van der Waals surface area contributed by atoms with Crippen molar-refractivity contribution in [2.45, 2.75) is 44.6 Å². The molecule has 0 aromatic heterocycles. The second-order valence-electron chi connectivity index (χ2n) is 6.58. The van der Waals surface area contributed by atoms with E-state index in [1.54, 1.807) is 6.92 Å². The van der Waals surface area contributed by atoms with Crippen LogP contribution in [0.5, 0.6) is 0 Å². The van der Waals surface area contributed by atoms with Gasteiger partial charge in [0.25, 0.3) is 0 Å². The number of carbonyl (C=O) groups excluding carboxylic acids is 2.